The molecule has 0 aromatic carbocycles. The average molecular weight is 318 g/mol. The zero-order valence-electron chi connectivity index (χ0n) is 14.1. The van der Waals surface area contributed by atoms with Gasteiger partial charge in [-0.05, 0) is 45.4 Å². The van der Waals surface area contributed by atoms with E-state index in [1.165, 1.54) is 21.0 Å². The molecule has 0 aliphatic heterocycles. The second kappa shape index (κ2) is 6.12. The third kappa shape index (κ3) is 2.86. The molecule has 0 saturated carbocycles. The molecule has 6 nitrogen and oxygen atoms in total. The second-order valence-electron chi connectivity index (χ2n) is 6.08. The number of rotatable bonds is 5. The summed E-state index contributed by atoms with van der Waals surface area (Å²) >= 11 is 0. The molecule has 0 amide bonds. The topological polar surface area (TPSA) is 80.9 Å². The van der Waals surface area contributed by atoms with Crippen molar-refractivity contribution in [3.63, 3.8) is 0 Å². The van der Waals surface area contributed by atoms with Crippen molar-refractivity contribution < 1.29 is 19.4 Å². The van der Waals surface area contributed by atoms with E-state index in [9.17, 15) is 14.7 Å². The molecule has 0 radical (unpaired) electrons. The summed E-state index contributed by atoms with van der Waals surface area (Å²) in [6.45, 7) is 6.68. The molecule has 0 spiro atoms. The lowest BCUT2D eigenvalue weighted by Gasteiger charge is -2.21. The van der Waals surface area contributed by atoms with Gasteiger partial charge in [0.05, 0.1) is 30.1 Å². The summed E-state index contributed by atoms with van der Waals surface area (Å²) in [7, 11) is 1.26. The van der Waals surface area contributed by atoms with E-state index in [-0.39, 0.29) is 5.78 Å². The molecule has 2 rings (SSSR count). The van der Waals surface area contributed by atoms with E-state index >= 15 is 0 Å². The molecule has 0 bridgehead atoms. The summed E-state index contributed by atoms with van der Waals surface area (Å²) in [6, 6.07) is 5.10. The Bertz CT molecular complexity index is 759. The molecule has 1 atom stereocenters. The van der Waals surface area contributed by atoms with E-state index in [1.807, 2.05) is 13.0 Å². The molecule has 23 heavy (non-hydrogen) atoms. The number of ether oxygens (including phenoxy) is 1. The summed E-state index contributed by atoms with van der Waals surface area (Å²) in [5.74, 6) is -0.926. The molecule has 0 saturated heterocycles. The first-order valence-electron chi connectivity index (χ1n) is 7.56. The maximum Gasteiger partial charge on any atom is 0.319 e. The van der Waals surface area contributed by atoms with Crippen molar-refractivity contribution in [1.82, 2.24) is 9.61 Å². The third-order valence-corrected chi connectivity index (χ3v) is 4.00. The molecule has 2 aromatic rings. The van der Waals surface area contributed by atoms with Crippen molar-refractivity contribution in [3.05, 3.63) is 35.2 Å². The Labute approximate surface area is 135 Å². The third-order valence-electron chi connectivity index (χ3n) is 4.00. The second-order valence-corrected chi connectivity index (χ2v) is 6.08. The molecule has 1 N–H and O–H groups in total. The van der Waals surface area contributed by atoms with E-state index in [0.29, 0.717) is 23.2 Å². The first kappa shape index (κ1) is 17.1. The molecule has 0 aliphatic carbocycles. The largest absolute Gasteiger partial charge is 0.468 e. The minimum Gasteiger partial charge on any atom is -0.468 e. The van der Waals surface area contributed by atoms with Gasteiger partial charge in [-0.3, -0.25) is 9.59 Å². The highest BCUT2D eigenvalue weighted by Gasteiger charge is 2.39. The summed E-state index contributed by atoms with van der Waals surface area (Å²) in [6.07, 6.45) is -0.0190. The van der Waals surface area contributed by atoms with E-state index in [2.05, 4.69) is 5.10 Å². The Kier molecular flexibility index (Phi) is 4.56. The van der Waals surface area contributed by atoms with Crippen molar-refractivity contribution in [1.29, 1.82) is 0 Å². The number of Topliss-reactive ketones (excluding diaryl/α,β-unsaturated/α-hetero) is 1. The maximum absolute atomic E-state index is 12.9. The number of fused-ring (bicyclic) bond motifs is 1. The van der Waals surface area contributed by atoms with Gasteiger partial charge in [0, 0.05) is 5.56 Å². The van der Waals surface area contributed by atoms with E-state index in [4.69, 9.17) is 4.74 Å². The van der Waals surface area contributed by atoms with Gasteiger partial charge in [0.2, 0.25) is 0 Å². The van der Waals surface area contributed by atoms with Gasteiger partial charge in [-0.2, -0.15) is 5.10 Å². The van der Waals surface area contributed by atoms with Gasteiger partial charge >= 0.3 is 5.97 Å². The lowest BCUT2D eigenvalue weighted by molar-refractivity contribution is -0.147. The monoisotopic (exact) mass is 318 g/mol. The van der Waals surface area contributed by atoms with Gasteiger partial charge in [0.15, 0.2) is 5.78 Å². The molecule has 1 unspecified atom stereocenters. The number of nitrogens with zero attached hydrogens (tertiary/aromatic N) is 2. The number of ketones is 1. The number of aliphatic hydroxyl groups excluding tert-OH is 1. The number of pyridine rings is 1. The number of carbonyl (C=O) groups excluding carboxylic acids is 2. The van der Waals surface area contributed by atoms with Gasteiger partial charge < -0.3 is 9.84 Å². The van der Waals surface area contributed by atoms with Crippen LogP contribution in [-0.4, -0.2) is 33.6 Å². The van der Waals surface area contributed by atoms with Crippen molar-refractivity contribution in [2.45, 2.75) is 40.2 Å². The normalized spacial score (nSPS) is 13.1. The maximum atomic E-state index is 12.9. The van der Waals surface area contributed by atoms with Crippen LogP contribution in [0.1, 0.15) is 55.5 Å². The Balaban J connectivity index is 2.67. The number of methoxy groups -OCH3 is 1. The molecule has 2 aromatic heterocycles. The van der Waals surface area contributed by atoms with Crippen LogP contribution in [0.3, 0.4) is 0 Å². The summed E-state index contributed by atoms with van der Waals surface area (Å²) in [5.41, 5.74) is 1.08. The number of aliphatic hydroxyl groups is 1. The lowest BCUT2D eigenvalue weighted by Crippen LogP contribution is -2.34. The highest BCUT2D eigenvalue weighted by atomic mass is 16.5. The van der Waals surface area contributed by atoms with Crippen LogP contribution in [0.15, 0.2) is 18.2 Å². The first-order valence-corrected chi connectivity index (χ1v) is 7.56. The summed E-state index contributed by atoms with van der Waals surface area (Å²) in [4.78, 5) is 24.8. The molecule has 124 valence electrons. The number of hydrogen-bond donors (Lipinski definition) is 1. The fourth-order valence-corrected chi connectivity index (χ4v) is 2.51. The van der Waals surface area contributed by atoms with Crippen molar-refractivity contribution in [2.24, 2.45) is 5.41 Å². The molecule has 0 aliphatic rings. The van der Waals surface area contributed by atoms with Crippen LogP contribution in [0.5, 0.6) is 0 Å². The van der Waals surface area contributed by atoms with Crippen LogP contribution >= 0.6 is 0 Å². The Morgan fingerprint density at radius 1 is 1.39 bits per heavy atom. The van der Waals surface area contributed by atoms with E-state index < -0.39 is 17.5 Å². The van der Waals surface area contributed by atoms with Crippen LogP contribution in [0.25, 0.3) is 5.52 Å². The smallest absolute Gasteiger partial charge is 0.319 e. The fourth-order valence-electron chi connectivity index (χ4n) is 2.51. The molecular formula is C17H22N2O4. The minimum absolute atomic E-state index is 0.339. The number of hydrogen-bond acceptors (Lipinski definition) is 5. The number of aryl methyl sites for hydroxylation is 1. The minimum atomic E-state index is -1.29. The van der Waals surface area contributed by atoms with Crippen molar-refractivity contribution in [2.75, 3.05) is 7.11 Å². The van der Waals surface area contributed by atoms with Gasteiger partial charge in [-0.1, -0.05) is 6.92 Å². The number of esters is 1. The van der Waals surface area contributed by atoms with Crippen molar-refractivity contribution >= 4 is 17.3 Å². The first-order chi connectivity index (χ1) is 10.7. The van der Waals surface area contributed by atoms with Crippen LogP contribution < -0.4 is 0 Å². The Morgan fingerprint density at radius 2 is 2.04 bits per heavy atom. The van der Waals surface area contributed by atoms with E-state index in [0.717, 1.165) is 5.69 Å². The zero-order chi connectivity index (χ0) is 17.4. The van der Waals surface area contributed by atoms with Gasteiger partial charge in [-0.25, -0.2) is 4.52 Å². The average Bonchev–Trinajstić information content (AvgIpc) is 2.95. The predicted molar refractivity (Wildman–Crippen MR) is 85.3 cm³/mol. The molecule has 2 heterocycles. The summed E-state index contributed by atoms with van der Waals surface area (Å²) in [5, 5.41) is 14.3. The van der Waals surface area contributed by atoms with Gasteiger partial charge in [0.25, 0.3) is 0 Å². The number of aromatic nitrogens is 2. The molecule has 6 heteroatoms. The van der Waals surface area contributed by atoms with Crippen LogP contribution in [0.2, 0.25) is 0 Å². The predicted octanol–water partition coefficient (Wildman–Crippen LogP) is 2.33. The SMILES string of the molecule is CCc1cc2c(C(=O)C(C)(C)C(=O)OC)ccc(C(C)O)n2n1. The highest BCUT2D eigenvalue weighted by molar-refractivity contribution is 6.15. The van der Waals surface area contributed by atoms with Crippen LogP contribution in [0, 0.1) is 5.41 Å². The van der Waals surface area contributed by atoms with Gasteiger partial charge in [0.1, 0.15) is 5.41 Å². The van der Waals surface area contributed by atoms with Crippen LogP contribution in [0.4, 0.5) is 0 Å². The standard InChI is InChI=1S/C17H22N2O4/c1-6-11-9-14-12(15(21)17(3,4)16(22)23-5)7-8-13(10(2)20)19(14)18-11/h7-10,20H,6H2,1-5H3. The Morgan fingerprint density at radius 3 is 2.57 bits per heavy atom. The van der Waals surface area contributed by atoms with Gasteiger partial charge in [-0.15, -0.1) is 0 Å². The van der Waals surface area contributed by atoms with E-state index in [1.54, 1.807) is 23.6 Å². The summed E-state index contributed by atoms with van der Waals surface area (Å²) < 4.78 is 6.31. The quantitative estimate of drug-likeness (QED) is 0.520. The fraction of sp³-hybridized carbons (Fsp3) is 0.471. The zero-order valence-corrected chi connectivity index (χ0v) is 14.1. The Hall–Kier alpha value is -2.21. The molecular weight excluding hydrogens is 296 g/mol. The lowest BCUT2D eigenvalue weighted by atomic mass is 9.84. The van der Waals surface area contributed by atoms with Crippen LogP contribution in [-0.2, 0) is 16.0 Å². The number of carbonyl (C=O) groups is 2. The highest BCUT2D eigenvalue weighted by Crippen LogP contribution is 2.28. The van der Waals surface area contributed by atoms with Crippen molar-refractivity contribution in [3.8, 4) is 0 Å². The molecule has 0 fully saturated rings.